The number of pyridine rings is 1. The summed E-state index contributed by atoms with van der Waals surface area (Å²) >= 11 is 6.57. The topological polar surface area (TPSA) is 80.7 Å². The standard InChI is InChI=1S/C28H25ClN2O4/c1-16-11-17(2)27-20(12-16)26(19-7-5-6-8-21(19)29)22(15-30-27)31-25(32)10-9-18-13-23(34-3)28(33)24(14-18)35-4/h5-15,33H,1-4H3,(H,31,32). The average molecular weight is 489 g/mol. The summed E-state index contributed by atoms with van der Waals surface area (Å²) in [5.74, 6) is 0.0356. The Kier molecular flexibility index (Phi) is 6.94. The van der Waals surface area contributed by atoms with Crippen LogP contribution in [0.3, 0.4) is 0 Å². The van der Waals surface area contributed by atoms with Gasteiger partial charge in [-0.2, -0.15) is 0 Å². The Balaban J connectivity index is 1.75. The van der Waals surface area contributed by atoms with E-state index in [0.29, 0.717) is 16.3 Å². The summed E-state index contributed by atoms with van der Waals surface area (Å²) in [6.45, 7) is 4.04. The van der Waals surface area contributed by atoms with E-state index in [9.17, 15) is 9.90 Å². The van der Waals surface area contributed by atoms with Gasteiger partial charge in [0.05, 0.1) is 31.6 Å². The number of anilines is 1. The van der Waals surface area contributed by atoms with E-state index < -0.39 is 0 Å². The minimum atomic E-state index is -0.352. The SMILES string of the molecule is COc1cc(C=CC(=O)Nc2cnc3c(C)cc(C)cc3c2-c2ccccc2Cl)cc(OC)c1O. The van der Waals surface area contributed by atoms with Gasteiger partial charge in [0.1, 0.15) is 0 Å². The van der Waals surface area contributed by atoms with Crippen LogP contribution in [0.5, 0.6) is 17.2 Å². The lowest BCUT2D eigenvalue weighted by Gasteiger charge is -2.16. The normalized spacial score (nSPS) is 11.1. The summed E-state index contributed by atoms with van der Waals surface area (Å²) < 4.78 is 10.4. The fraction of sp³-hybridized carbons (Fsp3) is 0.143. The third-order valence-electron chi connectivity index (χ3n) is 5.64. The Morgan fingerprint density at radius 1 is 1.06 bits per heavy atom. The number of hydrogen-bond acceptors (Lipinski definition) is 5. The number of aryl methyl sites for hydroxylation is 2. The highest BCUT2D eigenvalue weighted by atomic mass is 35.5. The first-order valence-electron chi connectivity index (χ1n) is 10.9. The minimum absolute atomic E-state index is 0.103. The molecular weight excluding hydrogens is 464 g/mol. The van der Waals surface area contributed by atoms with Crippen LogP contribution in [-0.2, 0) is 4.79 Å². The molecule has 1 heterocycles. The molecule has 0 aliphatic carbocycles. The van der Waals surface area contributed by atoms with E-state index in [1.165, 1.54) is 20.3 Å². The smallest absolute Gasteiger partial charge is 0.248 e. The molecule has 0 atom stereocenters. The van der Waals surface area contributed by atoms with E-state index in [0.717, 1.165) is 33.2 Å². The maximum absolute atomic E-state index is 12.9. The molecule has 178 valence electrons. The van der Waals surface area contributed by atoms with Gasteiger partial charge in [0.25, 0.3) is 0 Å². The molecule has 3 aromatic carbocycles. The zero-order valence-corrected chi connectivity index (χ0v) is 20.6. The number of nitrogens with zero attached hydrogens (tertiary/aromatic N) is 1. The van der Waals surface area contributed by atoms with Gasteiger partial charge in [0.2, 0.25) is 11.7 Å². The van der Waals surface area contributed by atoms with Gasteiger partial charge < -0.3 is 19.9 Å². The van der Waals surface area contributed by atoms with Crippen LogP contribution in [0.1, 0.15) is 16.7 Å². The number of halogens is 1. The number of fused-ring (bicyclic) bond motifs is 1. The number of amides is 1. The summed E-state index contributed by atoms with van der Waals surface area (Å²) in [6, 6.07) is 14.9. The number of hydrogen-bond donors (Lipinski definition) is 2. The van der Waals surface area contributed by atoms with Gasteiger partial charge in [-0.15, -0.1) is 0 Å². The number of benzene rings is 3. The molecule has 6 nitrogen and oxygen atoms in total. The van der Waals surface area contributed by atoms with Gasteiger partial charge >= 0.3 is 0 Å². The van der Waals surface area contributed by atoms with Crippen molar-refractivity contribution in [2.45, 2.75) is 13.8 Å². The maximum Gasteiger partial charge on any atom is 0.248 e. The van der Waals surface area contributed by atoms with E-state index in [2.05, 4.69) is 22.4 Å². The molecule has 1 aromatic heterocycles. The molecular formula is C28H25ClN2O4. The first-order valence-corrected chi connectivity index (χ1v) is 11.3. The average Bonchev–Trinajstić information content (AvgIpc) is 2.83. The maximum atomic E-state index is 12.9. The fourth-order valence-electron chi connectivity index (χ4n) is 4.07. The summed E-state index contributed by atoms with van der Waals surface area (Å²) in [6.07, 6.45) is 4.66. The molecule has 0 saturated carbocycles. The molecule has 35 heavy (non-hydrogen) atoms. The number of ether oxygens (including phenoxy) is 2. The van der Waals surface area contributed by atoms with E-state index in [-0.39, 0.29) is 23.2 Å². The monoisotopic (exact) mass is 488 g/mol. The molecule has 4 rings (SSSR count). The number of carbonyl (C=O) groups excluding carboxylic acids is 1. The summed E-state index contributed by atoms with van der Waals surface area (Å²) in [5, 5.41) is 14.5. The van der Waals surface area contributed by atoms with Crippen molar-refractivity contribution in [2.75, 3.05) is 19.5 Å². The predicted molar refractivity (Wildman–Crippen MR) is 141 cm³/mol. The van der Waals surface area contributed by atoms with Crippen LogP contribution in [0.15, 0.2) is 60.8 Å². The van der Waals surface area contributed by atoms with Crippen molar-refractivity contribution in [3.63, 3.8) is 0 Å². The van der Waals surface area contributed by atoms with Crippen molar-refractivity contribution in [2.24, 2.45) is 0 Å². The Labute approximate surface area is 208 Å². The van der Waals surface area contributed by atoms with E-state index >= 15 is 0 Å². The molecule has 1 amide bonds. The lowest BCUT2D eigenvalue weighted by atomic mass is 9.96. The highest BCUT2D eigenvalue weighted by Crippen LogP contribution is 2.40. The van der Waals surface area contributed by atoms with Crippen LogP contribution in [0, 0.1) is 13.8 Å². The van der Waals surface area contributed by atoms with Gasteiger partial charge in [-0.05, 0) is 55.3 Å². The van der Waals surface area contributed by atoms with Crippen molar-refractivity contribution in [3.05, 3.63) is 82.5 Å². The number of methoxy groups -OCH3 is 2. The van der Waals surface area contributed by atoms with Crippen molar-refractivity contribution in [1.82, 2.24) is 4.98 Å². The lowest BCUT2D eigenvalue weighted by Crippen LogP contribution is -2.10. The lowest BCUT2D eigenvalue weighted by molar-refractivity contribution is -0.111. The fourth-order valence-corrected chi connectivity index (χ4v) is 4.30. The minimum Gasteiger partial charge on any atom is -0.502 e. The number of carbonyl (C=O) groups is 1. The zero-order valence-electron chi connectivity index (χ0n) is 19.8. The van der Waals surface area contributed by atoms with Crippen LogP contribution in [0.4, 0.5) is 5.69 Å². The first-order chi connectivity index (χ1) is 16.8. The van der Waals surface area contributed by atoms with Crippen LogP contribution in [-0.4, -0.2) is 30.2 Å². The third-order valence-corrected chi connectivity index (χ3v) is 5.97. The molecule has 2 N–H and O–H groups in total. The first kappa shape index (κ1) is 24.1. The summed E-state index contributed by atoms with van der Waals surface area (Å²) in [7, 11) is 2.89. The third kappa shape index (κ3) is 4.93. The van der Waals surface area contributed by atoms with Crippen LogP contribution >= 0.6 is 11.6 Å². The molecule has 0 aliphatic rings. The molecule has 0 spiro atoms. The van der Waals surface area contributed by atoms with Gasteiger partial charge in [0, 0.05) is 27.6 Å². The number of aromatic nitrogens is 1. The van der Waals surface area contributed by atoms with Crippen molar-refractivity contribution in [3.8, 4) is 28.4 Å². The number of nitrogens with one attached hydrogen (secondary N) is 1. The van der Waals surface area contributed by atoms with Gasteiger partial charge in [0.15, 0.2) is 11.5 Å². The second kappa shape index (κ2) is 10.1. The zero-order chi connectivity index (χ0) is 25.1. The molecule has 0 fully saturated rings. The molecule has 0 aliphatic heterocycles. The Morgan fingerprint density at radius 2 is 1.74 bits per heavy atom. The second-order valence-electron chi connectivity index (χ2n) is 8.10. The quantitative estimate of drug-likeness (QED) is 0.301. The summed E-state index contributed by atoms with van der Waals surface area (Å²) in [4.78, 5) is 17.6. The molecule has 0 radical (unpaired) electrons. The van der Waals surface area contributed by atoms with Crippen molar-refractivity contribution >= 4 is 40.2 Å². The summed E-state index contributed by atoms with van der Waals surface area (Å²) in [5.41, 5.74) is 5.76. The molecule has 4 aromatic rings. The van der Waals surface area contributed by atoms with E-state index in [4.69, 9.17) is 21.1 Å². The number of phenols is 1. The number of phenolic OH excluding ortho intramolecular Hbond substituents is 1. The highest BCUT2D eigenvalue weighted by Gasteiger charge is 2.17. The van der Waals surface area contributed by atoms with Crippen LogP contribution in [0.25, 0.3) is 28.1 Å². The molecule has 0 bridgehead atoms. The predicted octanol–water partition coefficient (Wildman–Crippen LogP) is 6.55. The Morgan fingerprint density at radius 3 is 2.40 bits per heavy atom. The van der Waals surface area contributed by atoms with Crippen molar-refractivity contribution in [1.29, 1.82) is 0 Å². The molecule has 7 heteroatoms. The number of rotatable bonds is 6. The largest absolute Gasteiger partial charge is 0.502 e. The Hall–Kier alpha value is -4.03. The van der Waals surface area contributed by atoms with Crippen LogP contribution < -0.4 is 14.8 Å². The number of aromatic hydroxyl groups is 1. The molecule has 0 unspecified atom stereocenters. The van der Waals surface area contributed by atoms with Gasteiger partial charge in [-0.1, -0.05) is 41.4 Å². The van der Waals surface area contributed by atoms with E-state index in [1.54, 1.807) is 24.4 Å². The van der Waals surface area contributed by atoms with Crippen LogP contribution in [0.2, 0.25) is 5.02 Å². The van der Waals surface area contributed by atoms with Gasteiger partial charge in [-0.3, -0.25) is 9.78 Å². The molecule has 0 saturated heterocycles. The second-order valence-corrected chi connectivity index (χ2v) is 8.51. The highest BCUT2D eigenvalue weighted by molar-refractivity contribution is 6.34. The van der Waals surface area contributed by atoms with Gasteiger partial charge in [-0.25, -0.2) is 0 Å². The van der Waals surface area contributed by atoms with E-state index in [1.807, 2.05) is 38.1 Å². The van der Waals surface area contributed by atoms with Crippen molar-refractivity contribution < 1.29 is 19.4 Å². The Bertz CT molecular complexity index is 1440.